The van der Waals surface area contributed by atoms with Crippen LogP contribution in [0, 0.1) is 0 Å². The Morgan fingerprint density at radius 2 is 2.38 bits per heavy atom. The molecule has 1 saturated heterocycles. The van der Waals surface area contributed by atoms with Gasteiger partial charge in [0.05, 0.1) is 10.4 Å². The zero-order valence-electron chi connectivity index (χ0n) is 8.09. The maximum atomic E-state index is 11.6. The SMILES string of the molecule is CCC(Br)C(=O)N1CCC(C)(O)C1. The molecule has 2 unspecified atom stereocenters. The predicted octanol–water partition coefficient (Wildman–Crippen LogP) is 1.14. The van der Waals surface area contributed by atoms with Crippen molar-refractivity contribution in [2.24, 2.45) is 0 Å². The van der Waals surface area contributed by atoms with Crippen molar-refractivity contribution in [1.29, 1.82) is 0 Å². The Morgan fingerprint density at radius 1 is 1.77 bits per heavy atom. The predicted molar refractivity (Wildman–Crippen MR) is 54.8 cm³/mol. The minimum atomic E-state index is -0.684. The first-order valence-corrected chi connectivity index (χ1v) is 5.53. The standard InChI is InChI=1S/C9H16BrNO2/c1-3-7(10)8(12)11-5-4-9(2,13)6-11/h7,13H,3-6H2,1-2H3. The molecule has 1 N–H and O–H groups in total. The molecule has 3 nitrogen and oxygen atoms in total. The number of halogens is 1. The summed E-state index contributed by atoms with van der Waals surface area (Å²) in [6, 6.07) is 0. The van der Waals surface area contributed by atoms with E-state index in [0.29, 0.717) is 19.5 Å². The average Bonchev–Trinajstić information content (AvgIpc) is 2.43. The van der Waals surface area contributed by atoms with Crippen LogP contribution in [0.3, 0.4) is 0 Å². The minimum absolute atomic E-state index is 0.0959. The molecule has 1 amide bonds. The number of carbonyl (C=O) groups is 1. The number of carbonyl (C=O) groups excluding carboxylic acids is 1. The van der Waals surface area contributed by atoms with Gasteiger partial charge in [0.15, 0.2) is 0 Å². The van der Waals surface area contributed by atoms with Crippen molar-refractivity contribution in [3.05, 3.63) is 0 Å². The third kappa shape index (κ3) is 2.68. The van der Waals surface area contributed by atoms with Crippen LogP contribution in [0.15, 0.2) is 0 Å². The van der Waals surface area contributed by atoms with Gasteiger partial charge in [0.25, 0.3) is 0 Å². The first-order valence-electron chi connectivity index (χ1n) is 4.61. The number of alkyl halides is 1. The molecule has 1 aliphatic rings. The summed E-state index contributed by atoms with van der Waals surface area (Å²) in [4.78, 5) is 13.3. The van der Waals surface area contributed by atoms with Crippen LogP contribution in [0.2, 0.25) is 0 Å². The summed E-state index contributed by atoms with van der Waals surface area (Å²) in [7, 11) is 0. The van der Waals surface area contributed by atoms with E-state index in [4.69, 9.17) is 0 Å². The minimum Gasteiger partial charge on any atom is -0.388 e. The summed E-state index contributed by atoms with van der Waals surface area (Å²) >= 11 is 3.32. The highest BCUT2D eigenvalue weighted by atomic mass is 79.9. The van der Waals surface area contributed by atoms with Gasteiger partial charge in [0.1, 0.15) is 0 Å². The van der Waals surface area contributed by atoms with Crippen molar-refractivity contribution in [3.8, 4) is 0 Å². The number of rotatable bonds is 2. The van der Waals surface area contributed by atoms with E-state index in [2.05, 4.69) is 15.9 Å². The van der Waals surface area contributed by atoms with Gasteiger partial charge in [-0.25, -0.2) is 0 Å². The molecule has 0 bridgehead atoms. The molecule has 1 aliphatic heterocycles. The maximum Gasteiger partial charge on any atom is 0.236 e. The molecule has 0 radical (unpaired) electrons. The van der Waals surface area contributed by atoms with Gasteiger partial charge < -0.3 is 10.0 Å². The molecule has 4 heteroatoms. The number of hydrogen-bond donors (Lipinski definition) is 1. The van der Waals surface area contributed by atoms with Crippen LogP contribution in [0.5, 0.6) is 0 Å². The van der Waals surface area contributed by atoms with Crippen molar-refractivity contribution in [2.45, 2.75) is 37.1 Å². The molecule has 2 atom stereocenters. The topological polar surface area (TPSA) is 40.5 Å². The molecular formula is C9H16BrNO2. The molecule has 0 aliphatic carbocycles. The normalized spacial score (nSPS) is 30.6. The summed E-state index contributed by atoms with van der Waals surface area (Å²) in [6.45, 7) is 4.88. The van der Waals surface area contributed by atoms with Gasteiger partial charge in [-0.05, 0) is 19.8 Å². The largest absolute Gasteiger partial charge is 0.388 e. The maximum absolute atomic E-state index is 11.6. The molecule has 1 rings (SSSR count). The summed E-state index contributed by atoms with van der Waals surface area (Å²) in [5, 5.41) is 9.66. The van der Waals surface area contributed by atoms with Gasteiger partial charge in [-0.3, -0.25) is 4.79 Å². The van der Waals surface area contributed by atoms with Crippen LogP contribution in [0.1, 0.15) is 26.7 Å². The van der Waals surface area contributed by atoms with Gasteiger partial charge in [-0.2, -0.15) is 0 Å². The lowest BCUT2D eigenvalue weighted by Crippen LogP contribution is -2.37. The second-order valence-electron chi connectivity index (χ2n) is 3.88. The Labute approximate surface area is 87.2 Å². The second-order valence-corrected chi connectivity index (χ2v) is 4.99. The smallest absolute Gasteiger partial charge is 0.236 e. The van der Waals surface area contributed by atoms with Gasteiger partial charge >= 0.3 is 0 Å². The molecule has 0 aromatic heterocycles. The van der Waals surface area contributed by atoms with Crippen molar-refractivity contribution < 1.29 is 9.90 Å². The molecule has 0 spiro atoms. The van der Waals surface area contributed by atoms with Gasteiger partial charge in [0, 0.05) is 13.1 Å². The highest BCUT2D eigenvalue weighted by molar-refractivity contribution is 9.10. The number of amides is 1. The van der Waals surface area contributed by atoms with E-state index in [9.17, 15) is 9.90 Å². The van der Waals surface area contributed by atoms with Crippen LogP contribution in [0.4, 0.5) is 0 Å². The molecule has 0 aromatic rings. The quantitative estimate of drug-likeness (QED) is 0.747. The Kier molecular flexibility index (Phi) is 3.35. The molecule has 76 valence electrons. The molecule has 0 aromatic carbocycles. The fraction of sp³-hybridized carbons (Fsp3) is 0.889. The third-order valence-electron chi connectivity index (χ3n) is 2.39. The number of aliphatic hydroxyl groups is 1. The highest BCUT2D eigenvalue weighted by Gasteiger charge is 2.35. The van der Waals surface area contributed by atoms with E-state index >= 15 is 0 Å². The Bertz CT molecular complexity index is 206. The first kappa shape index (κ1) is 11.0. The van der Waals surface area contributed by atoms with E-state index in [1.54, 1.807) is 11.8 Å². The van der Waals surface area contributed by atoms with E-state index < -0.39 is 5.60 Å². The van der Waals surface area contributed by atoms with Crippen LogP contribution < -0.4 is 0 Å². The number of hydrogen-bond acceptors (Lipinski definition) is 2. The second kappa shape index (κ2) is 3.96. The van der Waals surface area contributed by atoms with Gasteiger partial charge in [-0.15, -0.1) is 0 Å². The van der Waals surface area contributed by atoms with Crippen LogP contribution >= 0.6 is 15.9 Å². The fourth-order valence-corrected chi connectivity index (χ4v) is 1.80. The summed E-state index contributed by atoms with van der Waals surface area (Å²) in [5.74, 6) is 0.0975. The van der Waals surface area contributed by atoms with Gasteiger partial charge in [0.2, 0.25) is 5.91 Å². The van der Waals surface area contributed by atoms with E-state index in [0.717, 1.165) is 6.42 Å². The molecule has 0 saturated carbocycles. The zero-order valence-corrected chi connectivity index (χ0v) is 9.67. The van der Waals surface area contributed by atoms with Crippen molar-refractivity contribution in [2.75, 3.05) is 13.1 Å². The summed E-state index contributed by atoms with van der Waals surface area (Å²) in [6.07, 6.45) is 1.47. The van der Waals surface area contributed by atoms with Crippen molar-refractivity contribution in [1.82, 2.24) is 4.90 Å². The van der Waals surface area contributed by atoms with E-state index in [-0.39, 0.29) is 10.7 Å². The third-order valence-corrected chi connectivity index (χ3v) is 3.43. The van der Waals surface area contributed by atoms with Crippen LogP contribution in [0.25, 0.3) is 0 Å². The van der Waals surface area contributed by atoms with Crippen molar-refractivity contribution in [3.63, 3.8) is 0 Å². The Hall–Kier alpha value is -0.0900. The van der Waals surface area contributed by atoms with E-state index in [1.807, 2.05) is 6.92 Å². The highest BCUT2D eigenvalue weighted by Crippen LogP contribution is 2.22. The van der Waals surface area contributed by atoms with Crippen LogP contribution in [-0.2, 0) is 4.79 Å². The van der Waals surface area contributed by atoms with E-state index in [1.165, 1.54) is 0 Å². The monoisotopic (exact) mass is 249 g/mol. The number of likely N-dealkylation sites (tertiary alicyclic amines) is 1. The summed E-state index contributed by atoms with van der Waals surface area (Å²) in [5.41, 5.74) is -0.684. The van der Waals surface area contributed by atoms with Crippen molar-refractivity contribution >= 4 is 21.8 Å². The Balaban J connectivity index is 2.51. The summed E-state index contributed by atoms with van der Waals surface area (Å²) < 4.78 is 0. The average molecular weight is 250 g/mol. The van der Waals surface area contributed by atoms with Gasteiger partial charge in [-0.1, -0.05) is 22.9 Å². The Morgan fingerprint density at radius 3 is 2.77 bits per heavy atom. The lowest BCUT2D eigenvalue weighted by molar-refractivity contribution is -0.130. The lowest BCUT2D eigenvalue weighted by atomic mass is 10.1. The molecule has 1 heterocycles. The lowest BCUT2D eigenvalue weighted by Gasteiger charge is -2.20. The fourth-order valence-electron chi connectivity index (χ4n) is 1.51. The number of β-amino-alcohol motifs (C(OH)–C–C–N with tert-alkyl or cyclic N) is 1. The molecular weight excluding hydrogens is 234 g/mol. The first-order chi connectivity index (χ1) is 5.96. The number of nitrogens with zero attached hydrogens (tertiary/aromatic N) is 1. The molecule has 1 fully saturated rings. The molecule has 13 heavy (non-hydrogen) atoms. The zero-order chi connectivity index (χ0) is 10.1. The van der Waals surface area contributed by atoms with Crippen LogP contribution in [-0.4, -0.2) is 39.4 Å².